The van der Waals surface area contributed by atoms with Gasteiger partial charge in [0, 0.05) is 57.4 Å². The predicted octanol–water partition coefficient (Wildman–Crippen LogP) is 3.04. The van der Waals surface area contributed by atoms with Gasteiger partial charge in [-0.15, -0.1) is 0 Å². The number of hydrogen-bond donors (Lipinski definition) is 0. The molecule has 8 heteroatoms. The minimum Gasteiger partial charge on any atom is -0.380 e. The van der Waals surface area contributed by atoms with Crippen LogP contribution in [0.15, 0.2) is 59.5 Å². The highest BCUT2D eigenvalue weighted by atomic mass is 35.5. The van der Waals surface area contributed by atoms with Crippen LogP contribution in [-0.4, -0.2) is 81.5 Å². The molecule has 178 valence electrons. The van der Waals surface area contributed by atoms with Crippen LogP contribution in [0.25, 0.3) is 0 Å². The Morgan fingerprint density at radius 3 is 2.21 bits per heavy atom. The zero-order valence-electron chi connectivity index (χ0n) is 18.9. The Hall–Kier alpha value is -1.48. The maximum Gasteiger partial charge on any atom is 0.243 e. The average Bonchev–Trinajstić information content (AvgIpc) is 3.28. The van der Waals surface area contributed by atoms with Crippen molar-refractivity contribution in [3.8, 4) is 0 Å². The first-order valence-corrected chi connectivity index (χ1v) is 13.6. The van der Waals surface area contributed by atoms with Crippen LogP contribution in [0.2, 0.25) is 5.02 Å². The molecule has 2 heterocycles. The lowest BCUT2D eigenvalue weighted by Crippen LogP contribution is -2.49. The van der Waals surface area contributed by atoms with Crippen LogP contribution in [0.3, 0.4) is 0 Å². The Labute approximate surface area is 202 Å². The van der Waals surface area contributed by atoms with E-state index in [2.05, 4.69) is 40.1 Å². The van der Waals surface area contributed by atoms with Crippen molar-refractivity contribution in [2.45, 2.75) is 11.4 Å². The van der Waals surface area contributed by atoms with Crippen LogP contribution in [0.1, 0.15) is 5.56 Å². The van der Waals surface area contributed by atoms with Crippen molar-refractivity contribution in [2.24, 2.45) is 17.8 Å². The first kappa shape index (κ1) is 23.3. The molecule has 0 N–H and O–H groups in total. The molecule has 2 saturated heterocycles. The molecular formula is C25H32ClN3O3S. The Balaban J connectivity index is 0.971. The van der Waals surface area contributed by atoms with Gasteiger partial charge in [0.1, 0.15) is 0 Å². The summed E-state index contributed by atoms with van der Waals surface area (Å²) >= 11 is 5.89. The van der Waals surface area contributed by atoms with Gasteiger partial charge in [0.25, 0.3) is 0 Å². The van der Waals surface area contributed by atoms with E-state index < -0.39 is 10.0 Å². The third-order valence-corrected chi connectivity index (χ3v) is 9.51. The van der Waals surface area contributed by atoms with E-state index in [-0.39, 0.29) is 0 Å². The Morgan fingerprint density at radius 2 is 1.55 bits per heavy atom. The molecule has 3 aliphatic rings. The van der Waals surface area contributed by atoms with E-state index in [1.54, 1.807) is 28.6 Å². The van der Waals surface area contributed by atoms with E-state index in [9.17, 15) is 8.42 Å². The molecule has 0 radical (unpaired) electrons. The number of rotatable bonds is 9. The van der Waals surface area contributed by atoms with Crippen LogP contribution >= 0.6 is 11.6 Å². The number of fused-ring (bicyclic) bond motifs is 1. The van der Waals surface area contributed by atoms with Gasteiger partial charge in [0.05, 0.1) is 18.1 Å². The molecule has 33 heavy (non-hydrogen) atoms. The van der Waals surface area contributed by atoms with Gasteiger partial charge in [0.15, 0.2) is 0 Å². The minimum atomic E-state index is -3.45. The van der Waals surface area contributed by atoms with Gasteiger partial charge in [0.2, 0.25) is 10.0 Å². The highest BCUT2D eigenvalue weighted by Gasteiger charge is 2.55. The predicted molar refractivity (Wildman–Crippen MR) is 130 cm³/mol. The van der Waals surface area contributed by atoms with Crippen LogP contribution in [-0.2, 0) is 21.3 Å². The summed E-state index contributed by atoms with van der Waals surface area (Å²) < 4.78 is 33.2. The molecule has 2 atom stereocenters. The second kappa shape index (κ2) is 10.0. The fourth-order valence-corrected chi connectivity index (χ4v) is 6.87. The van der Waals surface area contributed by atoms with Gasteiger partial charge in [-0.3, -0.25) is 9.80 Å². The number of likely N-dealkylation sites (tertiary alicyclic amines) is 1. The average molecular weight is 490 g/mol. The Kier molecular flexibility index (Phi) is 7.07. The van der Waals surface area contributed by atoms with E-state index in [0.29, 0.717) is 29.6 Å². The lowest BCUT2D eigenvalue weighted by molar-refractivity contribution is 0.0761. The topological polar surface area (TPSA) is 53.1 Å². The number of piperazine rings is 1. The largest absolute Gasteiger partial charge is 0.380 e. The summed E-state index contributed by atoms with van der Waals surface area (Å²) in [6.07, 6.45) is 0. The zero-order chi connectivity index (χ0) is 22.8. The molecule has 2 aromatic carbocycles. The van der Waals surface area contributed by atoms with Crippen molar-refractivity contribution in [3.63, 3.8) is 0 Å². The number of halogens is 1. The molecular weight excluding hydrogens is 458 g/mol. The molecule has 0 aromatic heterocycles. The van der Waals surface area contributed by atoms with Crippen molar-refractivity contribution < 1.29 is 13.2 Å². The van der Waals surface area contributed by atoms with E-state index in [1.165, 1.54) is 18.7 Å². The lowest BCUT2D eigenvalue weighted by atomic mass is 10.2. The lowest BCUT2D eigenvalue weighted by Gasteiger charge is -2.33. The third-order valence-electron chi connectivity index (χ3n) is 7.34. The van der Waals surface area contributed by atoms with E-state index in [0.717, 1.165) is 50.5 Å². The summed E-state index contributed by atoms with van der Waals surface area (Å²) in [5.74, 6) is 2.32. The fourth-order valence-electron chi connectivity index (χ4n) is 5.32. The molecule has 2 aromatic rings. The molecule has 1 aliphatic carbocycles. The van der Waals surface area contributed by atoms with Crippen LogP contribution in [0.4, 0.5) is 0 Å². The summed E-state index contributed by atoms with van der Waals surface area (Å²) in [6.45, 7) is 8.36. The minimum absolute atomic E-state index is 0.306. The summed E-state index contributed by atoms with van der Waals surface area (Å²) in [5.41, 5.74) is 1.40. The maximum absolute atomic E-state index is 12.8. The fraction of sp³-hybridized carbons (Fsp3) is 0.520. The molecule has 5 rings (SSSR count). The van der Waals surface area contributed by atoms with Crippen LogP contribution < -0.4 is 0 Å². The molecule has 0 amide bonds. The SMILES string of the molecule is O=S(=O)(c1ccc(Cl)cc1)N1CCN(CCOCC2C3CN(Cc4ccccc4)CC23)CC1. The summed E-state index contributed by atoms with van der Waals surface area (Å²) in [7, 11) is -3.45. The van der Waals surface area contributed by atoms with E-state index >= 15 is 0 Å². The number of piperidine rings is 1. The van der Waals surface area contributed by atoms with E-state index in [4.69, 9.17) is 16.3 Å². The molecule has 0 bridgehead atoms. The molecule has 6 nitrogen and oxygen atoms in total. The number of hydrogen-bond acceptors (Lipinski definition) is 5. The molecule has 2 unspecified atom stereocenters. The van der Waals surface area contributed by atoms with Crippen LogP contribution in [0.5, 0.6) is 0 Å². The van der Waals surface area contributed by atoms with Crippen molar-refractivity contribution in [1.29, 1.82) is 0 Å². The molecule has 3 fully saturated rings. The summed E-state index contributed by atoms with van der Waals surface area (Å²) in [6, 6.07) is 17.1. The number of benzene rings is 2. The van der Waals surface area contributed by atoms with Gasteiger partial charge < -0.3 is 4.74 Å². The van der Waals surface area contributed by atoms with Gasteiger partial charge in [-0.2, -0.15) is 4.31 Å². The Bertz CT molecular complexity index is 1010. The first-order chi connectivity index (χ1) is 16.0. The van der Waals surface area contributed by atoms with Crippen molar-refractivity contribution in [2.75, 3.05) is 59.0 Å². The van der Waals surface area contributed by atoms with Gasteiger partial charge in [-0.05, 0) is 47.6 Å². The normalized spacial score (nSPS) is 26.4. The zero-order valence-corrected chi connectivity index (χ0v) is 20.4. The highest BCUT2D eigenvalue weighted by Crippen LogP contribution is 2.51. The number of ether oxygens (including phenoxy) is 1. The van der Waals surface area contributed by atoms with Gasteiger partial charge in [-0.1, -0.05) is 41.9 Å². The van der Waals surface area contributed by atoms with E-state index in [1.807, 2.05) is 0 Å². The molecule has 0 spiro atoms. The van der Waals surface area contributed by atoms with Crippen LogP contribution in [0, 0.1) is 17.8 Å². The first-order valence-electron chi connectivity index (χ1n) is 11.8. The highest BCUT2D eigenvalue weighted by molar-refractivity contribution is 7.89. The third kappa shape index (κ3) is 5.45. The van der Waals surface area contributed by atoms with Gasteiger partial charge in [-0.25, -0.2) is 8.42 Å². The smallest absolute Gasteiger partial charge is 0.243 e. The second-order valence-corrected chi connectivity index (χ2v) is 11.8. The number of sulfonamides is 1. The monoisotopic (exact) mass is 489 g/mol. The quantitative estimate of drug-likeness (QED) is 0.507. The summed E-state index contributed by atoms with van der Waals surface area (Å²) in [4.78, 5) is 5.17. The number of nitrogens with zero attached hydrogens (tertiary/aromatic N) is 3. The molecule has 1 saturated carbocycles. The molecule has 2 aliphatic heterocycles. The maximum atomic E-state index is 12.8. The summed E-state index contributed by atoms with van der Waals surface area (Å²) in [5, 5.41) is 0.540. The second-order valence-electron chi connectivity index (χ2n) is 9.45. The Morgan fingerprint density at radius 1 is 0.879 bits per heavy atom. The van der Waals surface area contributed by atoms with Crippen molar-refractivity contribution in [1.82, 2.24) is 14.1 Å². The van der Waals surface area contributed by atoms with Crippen molar-refractivity contribution in [3.05, 3.63) is 65.2 Å². The van der Waals surface area contributed by atoms with Gasteiger partial charge >= 0.3 is 0 Å². The van der Waals surface area contributed by atoms with Crippen molar-refractivity contribution >= 4 is 21.6 Å². The standard InChI is InChI=1S/C25H32ClN3O3S/c26-21-6-8-22(9-7-21)33(30,31)29-12-10-27(11-13-29)14-15-32-19-25-23-17-28(18-24(23)25)16-20-4-2-1-3-5-20/h1-9,23-25H,10-19H2.